The molecule has 25 heavy (non-hydrogen) atoms. The van der Waals surface area contributed by atoms with Crippen LogP contribution in [0.5, 0.6) is 17.2 Å². The van der Waals surface area contributed by atoms with Gasteiger partial charge in [0.15, 0.2) is 11.5 Å². The lowest BCUT2D eigenvalue weighted by Crippen LogP contribution is -2.17. The quantitative estimate of drug-likeness (QED) is 0.697. The van der Waals surface area contributed by atoms with Gasteiger partial charge < -0.3 is 19.3 Å². The minimum atomic E-state index is -2.79. The molecule has 1 atom stereocenters. The summed E-state index contributed by atoms with van der Waals surface area (Å²) in [6, 6.07) is 10.9. The van der Waals surface area contributed by atoms with Crippen LogP contribution in [0, 0.1) is 6.92 Å². The monoisotopic (exact) mass is 352 g/mol. The molecule has 0 radical (unpaired) electrons. The minimum Gasteiger partial charge on any atom is -0.493 e. The van der Waals surface area contributed by atoms with Crippen LogP contribution in [0.4, 0.5) is 0 Å². The first-order valence-corrected chi connectivity index (χ1v) is 7.88. The molecule has 0 heterocycles. The van der Waals surface area contributed by atoms with Crippen LogP contribution in [0.1, 0.15) is 41.3 Å². The molecular formula is C21H28O4. The number of methoxy groups -OCH3 is 2. The Morgan fingerprint density at radius 1 is 1.20 bits per heavy atom. The van der Waals surface area contributed by atoms with Crippen molar-refractivity contribution in [1.29, 1.82) is 0 Å². The van der Waals surface area contributed by atoms with Gasteiger partial charge in [0.25, 0.3) is 0 Å². The Kier molecular flexibility index (Phi) is 4.26. The van der Waals surface area contributed by atoms with Crippen molar-refractivity contribution >= 4 is 0 Å². The molecule has 0 amide bonds. The van der Waals surface area contributed by atoms with Crippen LogP contribution in [0.15, 0.2) is 42.5 Å². The Balaban J connectivity index is 2.09. The number of aliphatic hydroxyl groups is 1. The molecule has 0 bridgehead atoms. The van der Waals surface area contributed by atoms with E-state index in [2.05, 4.69) is 0 Å². The highest BCUT2D eigenvalue weighted by molar-refractivity contribution is 5.42. The van der Waals surface area contributed by atoms with Crippen LogP contribution in [0.3, 0.4) is 0 Å². The predicted octanol–water partition coefficient (Wildman–Crippen LogP) is 4.16. The van der Waals surface area contributed by atoms with E-state index in [0.717, 1.165) is 5.56 Å². The summed E-state index contributed by atoms with van der Waals surface area (Å²) in [6.07, 6.45) is -5.76. The zero-order valence-corrected chi connectivity index (χ0v) is 14.3. The third-order valence-electron chi connectivity index (χ3n) is 3.48. The van der Waals surface area contributed by atoms with Crippen molar-refractivity contribution in [3.63, 3.8) is 0 Å². The van der Waals surface area contributed by atoms with E-state index in [1.807, 2.05) is 0 Å². The Labute approximate surface area is 161 Å². The number of hydrogen-bond donors (Lipinski definition) is 1. The molecule has 2 rings (SSSR count). The van der Waals surface area contributed by atoms with E-state index in [9.17, 15) is 5.11 Å². The van der Waals surface area contributed by atoms with Gasteiger partial charge in [0.2, 0.25) is 0 Å². The van der Waals surface area contributed by atoms with E-state index in [4.69, 9.17) is 25.2 Å². The van der Waals surface area contributed by atoms with Gasteiger partial charge in [-0.25, -0.2) is 0 Å². The molecule has 136 valence electrons. The lowest BCUT2D eigenvalue weighted by atomic mass is 10.0. The molecule has 0 saturated carbocycles. The van der Waals surface area contributed by atoms with E-state index >= 15 is 0 Å². The molecule has 0 aromatic heterocycles. The van der Waals surface area contributed by atoms with Gasteiger partial charge in [-0.05, 0) is 61.5 Å². The highest BCUT2D eigenvalue weighted by Gasteiger charge is 2.07. The summed E-state index contributed by atoms with van der Waals surface area (Å²) < 4.78 is 77.7. The fraction of sp³-hybridized carbons (Fsp3) is 0.429. The van der Waals surface area contributed by atoms with Crippen LogP contribution < -0.4 is 14.2 Å². The van der Waals surface area contributed by atoms with Crippen molar-refractivity contribution in [2.45, 2.75) is 38.6 Å². The molecule has 0 aliphatic heterocycles. The first-order chi connectivity index (χ1) is 15.0. The van der Waals surface area contributed by atoms with Crippen molar-refractivity contribution in [2.75, 3.05) is 20.7 Å². The molecule has 2 aromatic rings. The Hall–Kier alpha value is -2.20. The molecule has 4 heteroatoms. The van der Waals surface area contributed by atoms with Gasteiger partial charge in [0, 0.05) is 2.74 Å². The fourth-order valence-corrected chi connectivity index (χ4v) is 2.20. The maximum absolute atomic E-state index is 10.4. The topological polar surface area (TPSA) is 47.9 Å². The fourth-order valence-electron chi connectivity index (χ4n) is 2.20. The number of ether oxygens (including phenoxy) is 3. The summed E-state index contributed by atoms with van der Waals surface area (Å²) in [4.78, 5) is 0. The first-order valence-electron chi connectivity index (χ1n) is 11.9. The van der Waals surface area contributed by atoms with Gasteiger partial charge in [0.1, 0.15) is 12.3 Å². The zero-order chi connectivity index (χ0) is 25.1. The first kappa shape index (κ1) is 10.7. The summed E-state index contributed by atoms with van der Waals surface area (Å²) in [7, 11) is -1.36. The molecule has 1 unspecified atom stereocenters. The van der Waals surface area contributed by atoms with Crippen molar-refractivity contribution in [3.05, 3.63) is 53.6 Å². The van der Waals surface area contributed by atoms with Gasteiger partial charge in [-0.1, -0.05) is 24.6 Å². The lowest BCUT2D eigenvalue weighted by Gasteiger charge is -2.13. The van der Waals surface area contributed by atoms with Crippen molar-refractivity contribution in [2.24, 2.45) is 0 Å². The molecule has 0 saturated heterocycles. The van der Waals surface area contributed by atoms with Crippen molar-refractivity contribution in [1.82, 2.24) is 0 Å². The maximum Gasteiger partial charge on any atom is 0.160 e. The minimum absolute atomic E-state index is 0.0642. The van der Waals surface area contributed by atoms with Gasteiger partial charge in [0.05, 0.1) is 28.5 Å². The SMILES string of the molecule is [2H]C([2H])(CCC([2H])(O)C([2H])([2H])Oc1cccc(C)c1)Cc1ccc(OC)c(OC([2H])([2H])[2H])c1. The summed E-state index contributed by atoms with van der Waals surface area (Å²) in [5, 5.41) is 10.4. The van der Waals surface area contributed by atoms with Crippen LogP contribution in [0.25, 0.3) is 0 Å². The number of benzene rings is 2. The van der Waals surface area contributed by atoms with E-state index < -0.39 is 32.5 Å². The van der Waals surface area contributed by atoms with Gasteiger partial charge in [-0.2, -0.15) is 0 Å². The molecule has 2 aromatic carbocycles. The van der Waals surface area contributed by atoms with Crippen molar-refractivity contribution in [3.8, 4) is 17.2 Å². The predicted molar refractivity (Wildman–Crippen MR) is 99.8 cm³/mol. The Morgan fingerprint density at radius 3 is 2.84 bits per heavy atom. The standard InChI is InChI=1S/C21H28O4/c1-16-7-6-10-19(13-16)25-15-18(22)9-5-4-8-17-11-12-20(23-2)21(14-17)24-3/h6-7,10-14,18,22H,4-5,8-9,15H2,1-3H3/i3D3,4D2,15D2,18D. The molecule has 4 nitrogen and oxygen atoms in total. The zero-order valence-electron chi connectivity index (χ0n) is 22.3. The average molecular weight is 352 g/mol. The summed E-state index contributed by atoms with van der Waals surface area (Å²) in [5.74, 6) is 0.261. The molecule has 0 aliphatic rings. The summed E-state index contributed by atoms with van der Waals surface area (Å²) in [6.45, 7) is -1.00. The maximum atomic E-state index is 10.4. The summed E-state index contributed by atoms with van der Waals surface area (Å²) >= 11 is 0. The second-order valence-electron chi connectivity index (χ2n) is 5.48. The van der Waals surface area contributed by atoms with Crippen LogP contribution >= 0.6 is 0 Å². The molecule has 0 aliphatic carbocycles. The van der Waals surface area contributed by atoms with E-state index in [1.54, 1.807) is 31.2 Å². The Bertz CT molecular complexity index is 944. The van der Waals surface area contributed by atoms with Gasteiger partial charge in [-0.3, -0.25) is 0 Å². The number of hydrogen-bond acceptors (Lipinski definition) is 4. The second kappa shape index (κ2) is 9.94. The molecule has 0 fully saturated rings. The Morgan fingerprint density at radius 2 is 2.08 bits per heavy atom. The molecular weight excluding hydrogens is 316 g/mol. The van der Waals surface area contributed by atoms with Crippen LogP contribution in [-0.2, 0) is 6.42 Å². The highest BCUT2D eigenvalue weighted by Crippen LogP contribution is 2.28. The highest BCUT2D eigenvalue weighted by atomic mass is 16.5. The van der Waals surface area contributed by atoms with E-state index in [1.165, 1.54) is 25.3 Å². The number of aryl methyl sites for hydroxylation is 2. The van der Waals surface area contributed by atoms with E-state index in [-0.39, 0.29) is 30.1 Å². The largest absolute Gasteiger partial charge is 0.493 e. The second-order valence-corrected chi connectivity index (χ2v) is 5.48. The smallest absolute Gasteiger partial charge is 0.160 e. The molecule has 1 N–H and O–H groups in total. The van der Waals surface area contributed by atoms with Crippen LogP contribution in [-0.4, -0.2) is 31.9 Å². The van der Waals surface area contributed by atoms with E-state index in [0.29, 0.717) is 5.56 Å². The third kappa shape index (κ3) is 6.31. The summed E-state index contributed by atoms with van der Waals surface area (Å²) in [5.41, 5.74) is 1.22. The van der Waals surface area contributed by atoms with Gasteiger partial charge in [-0.15, -0.1) is 0 Å². The number of rotatable bonds is 10. The van der Waals surface area contributed by atoms with Crippen molar-refractivity contribution < 1.29 is 30.3 Å². The van der Waals surface area contributed by atoms with Gasteiger partial charge >= 0.3 is 0 Å². The normalized spacial score (nSPS) is 19.5. The average Bonchev–Trinajstić information content (AvgIpc) is 2.65. The third-order valence-corrected chi connectivity index (χ3v) is 3.48. The lowest BCUT2D eigenvalue weighted by molar-refractivity contribution is 0.0976. The molecule has 0 spiro atoms. The van der Waals surface area contributed by atoms with Crippen LogP contribution in [0.2, 0.25) is 0 Å².